The summed E-state index contributed by atoms with van der Waals surface area (Å²) in [5.74, 6) is -5.00. The zero-order valence-electron chi connectivity index (χ0n) is 23.9. The second-order valence-corrected chi connectivity index (χ2v) is 11.3. The van der Waals surface area contributed by atoms with Crippen LogP contribution in [0, 0.1) is 11.6 Å². The third-order valence-corrected chi connectivity index (χ3v) is 7.67. The number of carbonyl (C=O) groups excluding carboxylic acids is 3. The first kappa shape index (κ1) is 32.6. The van der Waals surface area contributed by atoms with E-state index in [1.54, 1.807) is 18.3 Å². The summed E-state index contributed by atoms with van der Waals surface area (Å²) < 4.78 is 71.1. The van der Waals surface area contributed by atoms with E-state index in [1.807, 2.05) is 0 Å². The number of nitrogens with one attached hydrogen (secondary N) is 3. The molecule has 0 fully saturated rings. The lowest BCUT2D eigenvalue weighted by Gasteiger charge is -2.28. The highest BCUT2D eigenvalue weighted by molar-refractivity contribution is 6.31. The topological polar surface area (TPSA) is 136 Å². The van der Waals surface area contributed by atoms with Crippen molar-refractivity contribution in [3.05, 3.63) is 123 Å². The first-order valence-corrected chi connectivity index (χ1v) is 14.5. The number of amides is 3. The van der Waals surface area contributed by atoms with Gasteiger partial charge in [0.15, 0.2) is 11.6 Å². The van der Waals surface area contributed by atoms with Gasteiger partial charge in [-0.2, -0.15) is 18.3 Å². The van der Waals surface area contributed by atoms with Crippen molar-refractivity contribution in [2.45, 2.75) is 25.3 Å². The first-order valence-electron chi connectivity index (χ1n) is 13.7. The molecule has 0 radical (unpaired) electrons. The van der Waals surface area contributed by atoms with Crippen molar-refractivity contribution in [2.24, 2.45) is 0 Å². The maximum atomic E-state index is 14.3. The second kappa shape index (κ2) is 12.7. The van der Waals surface area contributed by atoms with Gasteiger partial charge in [-0.05, 0) is 48.0 Å². The van der Waals surface area contributed by atoms with Crippen molar-refractivity contribution in [3.63, 3.8) is 0 Å². The molecule has 0 saturated heterocycles. The predicted molar refractivity (Wildman–Crippen MR) is 161 cm³/mol. The van der Waals surface area contributed by atoms with Crippen LogP contribution in [-0.4, -0.2) is 42.0 Å². The van der Waals surface area contributed by atoms with Crippen LogP contribution in [0.4, 0.5) is 27.8 Å². The van der Waals surface area contributed by atoms with Gasteiger partial charge in [0.25, 0.3) is 11.8 Å². The molecule has 2 aromatic carbocycles. The first-order chi connectivity index (χ1) is 22.8. The number of aromatic nitrogens is 5. The standard InChI is InChI=1S/C30H19Cl2F5N8O3/c31-17-11-40-45(12-17)22-4-1-14(9-38-22)10-39-29(48)27-42-26(43-28(47)15-5-16(30(35,36)37)7-19(34)6-15)25-24(41-23(46)13-44(25)27)20-8-18(33)2-3-21(20)32/h1-9,11-12,24H,10,13H2,(H,39,48)(H,41,46)(H,43,47)/t24-/m0/s1. The summed E-state index contributed by atoms with van der Waals surface area (Å²) in [6.07, 6.45) is -0.499. The van der Waals surface area contributed by atoms with E-state index < -0.39 is 59.2 Å². The van der Waals surface area contributed by atoms with Crippen LogP contribution in [0.25, 0.3) is 5.82 Å². The number of fused-ring (bicyclic) bond motifs is 1. The molecule has 5 aromatic rings. The number of anilines is 1. The van der Waals surface area contributed by atoms with Crippen LogP contribution in [0.1, 0.15) is 49.4 Å². The largest absolute Gasteiger partial charge is 0.416 e. The lowest BCUT2D eigenvalue weighted by Crippen LogP contribution is -2.41. The molecular weight excluding hydrogens is 686 g/mol. The van der Waals surface area contributed by atoms with Crippen LogP contribution in [0.5, 0.6) is 0 Å². The van der Waals surface area contributed by atoms with Gasteiger partial charge in [0, 0.05) is 28.9 Å². The van der Waals surface area contributed by atoms with Crippen LogP contribution in [0.2, 0.25) is 10.0 Å². The molecule has 3 N–H and O–H groups in total. The number of carbonyl (C=O) groups is 3. The van der Waals surface area contributed by atoms with Crippen molar-refractivity contribution < 1.29 is 36.3 Å². The van der Waals surface area contributed by atoms with E-state index in [1.165, 1.54) is 23.1 Å². The number of rotatable bonds is 7. The van der Waals surface area contributed by atoms with Crippen LogP contribution < -0.4 is 16.0 Å². The van der Waals surface area contributed by atoms with E-state index in [0.717, 1.165) is 16.7 Å². The molecule has 3 aromatic heterocycles. The molecule has 3 amide bonds. The molecule has 48 heavy (non-hydrogen) atoms. The quantitative estimate of drug-likeness (QED) is 0.192. The monoisotopic (exact) mass is 704 g/mol. The molecule has 11 nitrogen and oxygen atoms in total. The summed E-state index contributed by atoms with van der Waals surface area (Å²) in [6, 6.07) is 6.60. The number of nitrogens with zero attached hydrogens (tertiary/aromatic N) is 5. The third-order valence-electron chi connectivity index (χ3n) is 7.13. The fourth-order valence-corrected chi connectivity index (χ4v) is 5.33. The Hall–Kier alpha value is -5.35. The van der Waals surface area contributed by atoms with E-state index in [2.05, 4.69) is 31.0 Å². The SMILES string of the molecule is O=C1Cn2c(C(=O)NCc3ccc(-n4cc(Cl)cn4)nc3)nc(NC(=O)c3cc(F)cc(C(F)(F)F)c3)c2[C@H](c2cc(F)ccc2Cl)N1. The Labute approximate surface area is 276 Å². The Morgan fingerprint density at radius 3 is 2.48 bits per heavy atom. The molecule has 4 heterocycles. The molecule has 0 unspecified atom stereocenters. The highest BCUT2D eigenvalue weighted by Gasteiger charge is 2.37. The molecule has 0 aliphatic carbocycles. The van der Waals surface area contributed by atoms with Gasteiger partial charge in [-0.25, -0.2) is 23.4 Å². The molecule has 1 aliphatic rings. The number of halogens is 7. The van der Waals surface area contributed by atoms with E-state index in [4.69, 9.17) is 23.2 Å². The molecule has 246 valence electrons. The van der Waals surface area contributed by atoms with Crippen LogP contribution in [0.3, 0.4) is 0 Å². The fraction of sp³-hybridized carbons (Fsp3) is 0.133. The Morgan fingerprint density at radius 1 is 1.00 bits per heavy atom. The molecule has 0 bridgehead atoms. The molecule has 1 aliphatic heterocycles. The Morgan fingerprint density at radius 2 is 1.79 bits per heavy atom. The van der Waals surface area contributed by atoms with Crippen molar-refractivity contribution in [3.8, 4) is 5.82 Å². The number of hydrogen-bond acceptors (Lipinski definition) is 6. The van der Waals surface area contributed by atoms with Gasteiger partial charge < -0.3 is 20.5 Å². The summed E-state index contributed by atoms with van der Waals surface area (Å²) in [6.45, 7) is -0.546. The summed E-state index contributed by atoms with van der Waals surface area (Å²) in [4.78, 5) is 48.0. The number of benzene rings is 2. The number of pyridine rings is 1. The Balaban J connectivity index is 1.35. The summed E-state index contributed by atoms with van der Waals surface area (Å²) in [7, 11) is 0. The number of hydrogen-bond donors (Lipinski definition) is 3. The fourth-order valence-electron chi connectivity index (χ4n) is 4.97. The van der Waals surface area contributed by atoms with Crippen molar-refractivity contribution in [1.29, 1.82) is 0 Å². The van der Waals surface area contributed by atoms with Crippen LogP contribution >= 0.6 is 23.2 Å². The second-order valence-electron chi connectivity index (χ2n) is 10.4. The molecule has 6 rings (SSSR count). The van der Waals surface area contributed by atoms with Gasteiger partial charge in [0.2, 0.25) is 11.7 Å². The molecule has 0 saturated carbocycles. The minimum atomic E-state index is -4.96. The smallest absolute Gasteiger partial charge is 0.345 e. The third kappa shape index (κ3) is 6.70. The average molecular weight is 705 g/mol. The summed E-state index contributed by atoms with van der Waals surface area (Å²) in [5.41, 5.74) is -1.58. The van der Waals surface area contributed by atoms with E-state index in [0.29, 0.717) is 28.5 Å². The normalized spacial score (nSPS) is 14.3. The number of alkyl halides is 3. The predicted octanol–water partition coefficient (Wildman–Crippen LogP) is 5.47. The highest BCUT2D eigenvalue weighted by Crippen LogP contribution is 2.36. The van der Waals surface area contributed by atoms with Crippen molar-refractivity contribution in [1.82, 2.24) is 34.9 Å². The molecular formula is C30H19Cl2F5N8O3. The molecule has 18 heteroatoms. The Bertz CT molecular complexity index is 2080. The zero-order valence-corrected chi connectivity index (χ0v) is 25.5. The van der Waals surface area contributed by atoms with E-state index in [9.17, 15) is 36.3 Å². The summed E-state index contributed by atoms with van der Waals surface area (Å²) >= 11 is 12.2. The van der Waals surface area contributed by atoms with Crippen molar-refractivity contribution in [2.75, 3.05) is 5.32 Å². The molecule has 1 atom stereocenters. The lowest BCUT2D eigenvalue weighted by atomic mass is 10.0. The van der Waals surface area contributed by atoms with E-state index in [-0.39, 0.29) is 40.5 Å². The lowest BCUT2D eigenvalue weighted by molar-refractivity contribution is -0.137. The minimum Gasteiger partial charge on any atom is -0.345 e. The van der Waals surface area contributed by atoms with Crippen LogP contribution in [0.15, 0.2) is 67.1 Å². The minimum absolute atomic E-state index is 0.00732. The Kier molecular flexibility index (Phi) is 8.61. The maximum Gasteiger partial charge on any atom is 0.416 e. The maximum absolute atomic E-state index is 14.3. The molecule has 0 spiro atoms. The van der Waals surface area contributed by atoms with Gasteiger partial charge in [0.1, 0.15) is 18.2 Å². The van der Waals surface area contributed by atoms with Crippen molar-refractivity contribution >= 4 is 46.7 Å². The van der Waals surface area contributed by atoms with Crippen LogP contribution in [-0.2, 0) is 24.1 Å². The highest BCUT2D eigenvalue weighted by atomic mass is 35.5. The van der Waals surface area contributed by atoms with Gasteiger partial charge in [0.05, 0.1) is 34.7 Å². The number of imidazole rings is 1. The van der Waals surface area contributed by atoms with Gasteiger partial charge >= 0.3 is 6.18 Å². The van der Waals surface area contributed by atoms with Gasteiger partial charge in [-0.3, -0.25) is 14.4 Å². The van der Waals surface area contributed by atoms with Gasteiger partial charge in [-0.15, -0.1) is 0 Å². The summed E-state index contributed by atoms with van der Waals surface area (Å²) in [5, 5.41) is 12.0. The van der Waals surface area contributed by atoms with Gasteiger partial charge in [-0.1, -0.05) is 29.3 Å². The zero-order chi connectivity index (χ0) is 34.3. The average Bonchev–Trinajstić information content (AvgIpc) is 3.63. The van der Waals surface area contributed by atoms with E-state index >= 15 is 0 Å².